The van der Waals surface area contributed by atoms with Gasteiger partial charge < -0.3 is 15.0 Å². The monoisotopic (exact) mass is 380 g/mol. The molecule has 0 bridgehead atoms. The van der Waals surface area contributed by atoms with Gasteiger partial charge in [0, 0.05) is 18.7 Å². The number of ether oxygens (including phenoxy) is 1. The highest BCUT2D eigenvalue weighted by molar-refractivity contribution is 6.09. The second-order valence-electron chi connectivity index (χ2n) is 7.59. The zero-order valence-corrected chi connectivity index (χ0v) is 16.6. The minimum Gasteiger partial charge on any atom is -0.493 e. The number of anilines is 1. The lowest BCUT2D eigenvalue weighted by Crippen LogP contribution is -2.36. The number of para-hydroxylation sites is 1. The van der Waals surface area contributed by atoms with Gasteiger partial charge in [0.2, 0.25) is 0 Å². The van der Waals surface area contributed by atoms with Gasteiger partial charge in [0.1, 0.15) is 5.75 Å². The van der Waals surface area contributed by atoms with Gasteiger partial charge >= 0.3 is 0 Å². The number of nitrogens with one attached hydrogen (secondary N) is 1. The van der Waals surface area contributed by atoms with Gasteiger partial charge in [0.15, 0.2) is 0 Å². The number of carbonyl (C=O) groups is 2. The molecule has 2 aromatic carbocycles. The second-order valence-corrected chi connectivity index (χ2v) is 7.59. The zero-order valence-electron chi connectivity index (χ0n) is 16.6. The lowest BCUT2D eigenvalue weighted by molar-refractivity contribution is 0.0725. The topological polar surface area (TPSA) is 58.6 Å². The Morgan fingerprint density at radius 1 is 1.04 bits per heavy atom. The highest BCUT2D eigenvalue weighted by Gasteiger charge is 2.21. The molecule has 0 atom stereocenters. The standard InChI is InChI=1S/C23H28N2O3/c1-17(2)16-28-19-10-8-9-18(15-19)22(26)24-21-12-5-4-11-20(21)23(27)25-13-6-3-7-14-25/h4-5,8-12,15,17H,3,6-7,13-14,16H2,1-2H3,(H,24,26). The Kier molecular flexibility index (Phi) is 6.69. The van der Waals surface area contributed by atoms with Gasteiger partial charge in [-0.2, -0.15) is 0 Å². The summed E-state index contributed by atoms with van der Waals surface area (Å²) in [4.78, 5) is 27.5. The highest BCUT2D eigenvalue weighted by atomic mass is 16.5. The van der Waals surface area contributed by atoms with E-state index in [4.69, 9.17) is 4.74 Å². The van der Waals surface area contributed by atoms with Crippen molar-refractivity contribution in [1.82, 2.24) is 4.90 Å². The van der Waals surface area contributed by atoms with Crippen molar-refractivity contribution >= 4 is 17.5 Å². The molecule has 5 heteroatoms. The molecule has 0 saturated carbocycles. The minimum absolute atomic E-state index is 0.0235. The number of piperidine rings is 1. The van der Waals surface area contributed by atoms with Crippen LogP contribution < -0.4 is 10.1 Å². The molecule has 1 saturated heterocycles. The van der Waals surface area contributed by atoms with E-state index in [1.807, 2.05) is 23.1 Å². The lowest BCUT2D eigenvalue weighted by Gasteiger charge is -2.27. The molecule has 0 aliphatic carbocycles. The zero-order chi connectivity index (χ0) is 19.9. The fraction of sp³-hybridized carbons (Fsp3) is 0.391. The molecule has 1 aliphatic heterocycles. The molecule has 0 aromatic heterocycles. The molecular weight excluding hydrogens is 352 g/mol. The number of rotatable bonds is 6. The largest absolute Gasteiger partial charge is 0.493 e. The van der Waals surface area contributed by atoms with E-state index in [0.29, 0.717) is 35.1 Å². The molecule has 2 aromatic rings. The van der Waals surface area contributed by atoms with E-state index in [1.54, 1.807) is 30.3 Å². The number of benzene rings is 2. The first-order valence-corrected chi connectivity index (χ1v) is 9.97. The lowest BCUT2D eigenvalue weighted by atomic mass is 10.1. The third-order valence-electron chi connectivity index (χ3n) is 4.73. The molecule has 3 rings (SSSR count). The SMILES string of the molecule is CC(C)COc1cccc(C(=O)Nc2ccccc2C(=O)N2CCCCC2)c1. The van der Waals surface area contributed by atoms with E-state index < -0.39 is 0 Å². The second kappa shape index (κ2) is 9.40. The Balaban J connectivity index is 1.74. The van der Waals surface area contributed by atoms with Crippen molar-refractivity contribution < 1.29 is 14.3 Å². The van der Waals surface area contributed by atoms with Crippen molar-refractivity contribution in [2.45, 2.75) is 33.1 Å². The molecule has 1 aliphatic rings. The number of likely N-dealkylation sites (tertiary alicyclic amines) is 1. The summed E-state index contributed by atoms with van der Waals surface area (Å²) in [6.07, 6.45) is 3.23. The van der Waals surface area contributed by atoms with Crippen LogP contribution in [0.1, 0.15) is 53.8 Å². The van der Waals surface area contributed by atoms with Crippen molar-refractivity contribution in [3.63, 3.8) is 0 Å². The summed E-state index contributed by atoms with van der Waals surface area (Å²) >= 11 is 0. The molecule has 2 amide bonds. The first-order valence-electron chi connectivity index (χ1n) is 9.97. The molecule has 0 spiro atoms. The van der Waals surface area contributed by atoms with Crippen molar-refractivity contribution in [3.05, 3.63) is 59.7 Å². The summed E-state index contributed by atoms with van der Waals surface area (Å²) in [5.41, 5.74) is 1.57. The Hall–Kier alpha value is -2.82. The van der Waals surface area contributed by atoms with Gasteiger partial charge in [-0.05, 0) is 55.5 Å². The molecule has 1 heterocycles. The van der Waals surface area contributed by atoms with E-state index in [-0.39, 0.29) is 11.8 Å². The molecule has 5 nitrogen and oxygen atoms in total. The smallest absolute Gasteiger partial charge is 0.255 e. The third-order valence-corrected chi connectivity index (χ3v) is 4.73. The minimum atomic E-state index is -0.256. The Morgan fingerprint density at radius 3 is 2.54 bits per heavy atom. The molecule has 0 radical (unpaired) electrons. The van der Waals surface area contributed by atoms with Crippen LogP contribution >= 0.6 is 0 Å². The Morgan fingerprint density at radius 2 is 1.79 bits per heavy atom. The summed E-state index contributed by atoms with van der Waals surface area (Å²) in [6, 6.07) is 14.3. The predicted octanol–water partition coefficient (Wildman–Crippen LogP) is 4.60. The van der Waals surface area contributed by atoms with Crippen LogP contribution in [0.2, 0.25) is 0 Å². The van der Waals surface area contributed by atoms with Gasteiger partial charge in [0.05, 0.1) is 17.9 Å². The van der Waals surface area contributed by atoms with Crippen LogP contribution in [0, 0.1) is 5.92 Å². The normalized spacial score (nSPS) is 14.0. The molecule has 1 N–H and O–H groups in total. The van der Waals surface area contributed by atoms with Crippen LogP contribution in [0.3, 0.4) is 0 Å². The van der Waals surface area contributed by atoms with E-state index in [2.05, 4.69) is 19.2 Å². The van der Waals surface area contributed by atoms with Gasteiger partial charge in [0.25, 0.3) is 11.8 Å². The number of hydrogen-bond acceptors (Lipinski definition) is 3. The summed E-state index contributed by atoms with van der Waals surface area (Å²) < 4.78 is 5.71. The van der Waals surface area contributed by atoms with Crippen molar-refractivity contribution in [3.8, 4) is 5.75 Å². The maximum Gasteiger partial charge on any atom is 0.255 e. The summed E-state index contributed by atoms with van der Waals surface area (Å²) in [6.45, 7) is 6.30. The average molecular weight is 380 g/mol. The van der Waals surface area contributed by atoms with Crippen LogP contribution in [-0.2, 0) is 0 Å². The van der Waals surface area contributed by atoms with E-state index in [1.165, 1.54) is 0 Å². The quantitative estimate of drug-likeness (QED) is 0.797. The van der Waals surface area contributed by atoms with Crippen molar-refractivity contribution in [2.75, 3.05) is 25.0 Å². The third kappa shape index (κ3) is 5.12. The maximum absolute atomic E-state index is 12.9. The molecular formula is C23H28N2O3. The highest BCUT2D eigenvalue weighted by Crippen LogP contribution is 2.22. The van der Waals surface area contributed by atoms with Gasteiger partial charge in [-0.3, -0.25) is 9.59 Å². The predicted molar refractivity (Wildman–Crippen MR) is 111 cm³/mol. The first-order chi connectivity index (χ1) is 13.5. The van der Waals surface area contributed by atoms with Gasteiger partial charge in [-0.1, -0.05) is 32.0 Å². The van der Waals surface area contributed by atoms with E-state index in [9.17, 15) is 9.59 Å². The number of carbonyl (C=O) groups excluding carboxylic acids is 2. The van der Waals surface area contributed by atoms with E-state index >= 15 is 0 Å². The van der Waals surface area contributed by atoms with Gasteiger partial charge in [-0.15, -0.1) is 0 Å². The summed E-state index contributed by atoms with van der Waals surface area (Å²) in [5, 5.41) is 2.90. The van der Waals surface area contributed by atoms with Crippen LogP contribution in [-0.4, -0.2) is 36.4 Å². The maximum atomic E-state index is 12.9. The average Bonchev–Trinajstić information content (AvgIpc) is 2.73. The van der Waals surface area contributed by atoms with Crippen LogP contribution in [0.25, 0.3) is 0 Å². The Bertz CT molecular complexity index is 826. The van der Waals surface area contributed by atoms with Crippen molar-refractivity contribution in [1.29, 1.82) is 0 Å². The number of nitrogens with zero attached hydrogens (tertiary/aromatic N) is 1. The van der Waals surface area contributed by atoms with E-state index in [0.717, 1.165) is 32.4 Å². The van der Waals surface area contributed by atoms with Crippen LogP contribution in [0.4, 0.5) is 5.69 Å². The summed E-state index contributed by atoms with van der Waals surface area (Å²) in [7, 11) is 0. The molecule has 148 valence electrons. The molecule has 28 heavy (non-hydrogen) atoms. The Labute approximate surface area is 166 Å². The fourth-order valence-electron chi connectivity index (χ4n) is 3.23. The number of amides is 2. The molecule has 1 fully saturated rings. The summed E-state index contributed by atoms with van der Waals surface area (Å²) in [5.74, 6) is 0.794. The van der Waals surface area contributed by atoms with Crippen LogP contribution in [0.5, 0.6) is 5.75 Å². The first kappa shape index (κ1) is 19.9. The van der Waals surface area contributed by atoms with Crippen molar-refractivity contribution in [2.24, 2.45) is 5.92 Å². The fourth-order valence-corrected chi connectivity index (χ4v) is 3.23. The molecule has 0 unspecified atom stereocenters. The van der Waals surface area contributed by atoms with Gasteiger partial charge in [-0.25, -0.2) is 0 Å². The van der Waals surface area contributed by atoms with Crippen LogP contribution in [0.15, 0.2) is 48.5 Å². The number of hydrogen-bond donors (Lipinski definition) is 1.